The largest absolute Gasteiger partial charge is 0.369 e. The van der Waals surface area contributed by atoms with Gasteiger partial charge in [-0.15, -0.1) is 0 Å². The minimum absolute atomic E-state index is 0.464. The standard InChI is InChI=1S/C16H22N4/c1-11(2)16(8-9-16)10-18-14-12-6-4-5-7-13(12)19-15(17-3)20-14/h4-7,11H,8-10H2,1-3H3,(H2,17,18,19,20). The maximum absolute atomic E-state index is 4.58. The second-order valence-electron chi connectivity index (χ2n) is 6.03. The third-order valence-electron chi connectivity index (χ3n) is 4.55. The highest BCUT2D eigenvalue weighted by atomic mass is 15.1. The summed E-state index contributed by atoms with van der Waals surface area (Å²) in [7, 11) is 1.85. The van der Waals surface area contributed by atoms with Crippen molar-refractivity contribution in [2.24, 2.45) is 11.3 Å². The van der Waals surface area contributed by atoms with Crippen molar-refractivity contribution in [3.05, 3.63) is 24.3 Å². The summed E-state index contributed by atoms with van der Waals surface area (Å²) >= 11 is 0. The minimum Gasteiger partial charge on any atom is -0.369 e. The number of para-hydroxylation sites is 1. The van der Waals surface area contributed by atoms with Gasteiger partial charge in [-0.05, 0) is 36.3 Å². The van der Waals surface area contributed by atoms with Crippen LogP contribution >= 0.6 is 0 Å². The van der Waals surface area contributed by atoms with E-state index in [0.29, 0.717) is 17.3 Å². The van der Waals surface area contributed by atoms with Crippen LogP contribution < -0.4 is 10.6 Å². The fourth-order valence-electron chi connectivity index (χ4n) is 2.70. The first-order chi connectivity index (χ1) is 9.64. The lowest BCUT2D eigenvalue weighted by atomic mass is 9.92. The number of nitrogens with one attached hydrogen (secondary N) is 2. The molecule has 4 nitrogen and oxygen atoms in total. The molecule has 0 atom stereocenters. The average Bonchev–Trinajstić information content (AvgIpc) is 3.25. The Balaban J connectivity index is 1.90. The Morgan fingerprint density at radius 1 is 1.20 bits per heavy atom. The molecule has 0 spiro atoms. The Bertz CT molecular complexity index is 617. The zero-order chi connectivity index (χ0) is 14.2. The highest BCUT2D eigenvalue weighted by molar-refractivity contribution is 5.90. The molecule has 0 amide bonds. The van der Waals surface area contributed by atoms with Crippen molar-refractivity contribution < 1.29 is 0 Å². The summed E-state index contributed by atoms with van der Waals surface area (Å²) in [6, 6.07) is 8.14. The first kappa shape index (κ1) is 13.2. The number of rotatable bonds is 5. The summed E-state index contributed by atoms with van der Waals surface area (Å²) in [6.45, 7) is 5.62. The first-order valence-electron chi connectivity index (χ1n) is 7.33. The van der Waals surface area contributed by atoms with E-state index in [0.717, 1.165) is 23.3 Å². The van der Waals surface area contributed by atoms with E-state index in [4.69, 9.17) is 0 Å². The molecule has 1 aromatic heterocycles. The number of aromatic nitrogens is 2. The molecule has 2 N–H and O–H groups in total. The quantitative estimate of drug-likeness (QED) is 0.872. The molecule has 2 aromatic rings. The first-order valence-corrected chi connectivity index (χ1v) is 7.33. The van der Waals surface area contributed by atoms with E-state index in [1.54, 1.807) is 0 Å². The lowest BCUT2D eigenvalue weighted by Gasteiger charge is -2.21. The van der Waals surface area contributed by atoms with Gasteiger partial charge in [0.2, 0.25) is 5.95 Å². The van der Waals surface area contributed by atoms with Crippen molar-refractivity contribution in [3.63, 3.8) is 0 Å². The molecular formula is C16H22N4. The van der Waals surface area contributed by atoms with E-state index in [1.807, 2.05) is 25.2 Å². The van der Waals surface area contributed by atoms with Crippen LogP contribution in [0.25, 0.3) is 10.9 Å². The number of hydrogen-bond acceptors (Lipinski definition) is 4. The SMILES string of the molecule is CNc1nc(NCC2(C(C)C)CC2)c2ccccc2n1. The lowest BCUT2D eigenvalue weighted by molar-refractivity contribution is 0.380. The Morgan fingerprint density at radius 3 is 2.60 bits per heavy atom. The second-order valence-corrected chi connectivity index (χ2v) is 6.03. The molecule has 0 aliphatic heterocycles. The number of hydrogen-bond donors (Lipinski definition) is 2. The van der Waals surface area contributed by atoms with Gasteiger partial charge in [-0.3, -0.25) is 0 Å². The molecule has 0 bridgehead atoms. The van der Waals surface area contributed by atoms with E-state index in [9.17, 15) is 0 Å². The molecule has 3 rings (SSSR count). The smallest absolute Gasteiger partial charge is 0.224 e. The lowest BCUT2D eigenvalue weighted by Crippen LogP contribution is -2.21. The maximum Gasteiger partial charge on any atom is 0.224 e. The number of fused-ring (bicyclic) bond motifs is 1. The minimum atomic E-state index is 0.464. The van der Waals surface area contributed by atoms with Crippen molar-refractivity contribution >= 4 is 22.7 Å². The van der Waals surface area contributed by atoms with Gasteiger partial charge in [0.1, 0.15) is 5.82 Å². The number of nitrogens with zero attached hydrogens (tertiary/aromatic N) is 2. The van der Waals surface area contributed by atoms with Crippen LogP contribution in [-0.4, -0.2) is 23.6 Å². The predicted octanol–water partition coefficient (Wildman–Crippen LogP) is 3.52. The Labute approximate surface area is 120 Å². The summed E-state index contributed by atoms with van der Waals surface area (Å²) in [5.74, 6) is 2.32. The van der Waals surface area contributed by atoms with Gasteiger partial charge in [0.25, 0.3) is 0 Å². The van der Waals surface area contributed by atoms with Crippen LogP contribution in [0.15, 0.2) is 24.3 Å². The average molecular weight is 270 g/mol. The van der Waals surface area contributed by atoms with E-state index >= 15 is 0 Å². The molecule has 1 fully saturated rings. The molecule has 1 aromatic carbocycles. The highest BCUT2D eigenvalue weighted by Gasteiger charge is 2.45. The normalized spacial score (nSPS) is 16.4. The van der Waals surface area contributed by atoms with Crippen LogP contribution in [-0.2, 0) is 0 Å². The van der Waals surface area contributed by atoms with Gasteiger partial charge in [0.15, 0.2) is 0 Å². The number of benzene rings is 1. The van der Waals surface area contributed by atoms with Crippen LogP contribution in [0.3, 0.4) is 0 Å². The van der Waals surface area contributed by atoms with Crippen molar-refractivity contribution in [3.8, 4) is 0 Å². The summed E-state index contributed by atoms with van der Waals surface area (Å²) in [6.07, 6.45) is 2.64. The Hall–Kier alpha value is -1.84. The van der Waals surface area contributed by atoms with Crippen LogP contribution in [0.1, 0.15) is 26.7 Å². The fraction of sp³-hybridized carbons (Fsp3) is 0.500. The summed E-state index contributed by atoms with van der Waals surface area (Å²) in [4.78, 5) is 9.06. The molecule has 20 heavy (non-hydrogen) atoms. The van der Waals surface area contributed by atoms with Gasteiger partial charge in [0.05, 0.1) is 5.52 Å². The molecule has 1 aliphatic carbocycles. The van der Waals surface area contributed by atoms with Gasteiger partial charge < -0.3 is 10.6 Å². The molecule has 1 heterocycles. The summed E-state index contributed by atoms with van der Waals surface area (Å²) < 4.78 is 0. The Kier molecular flexibility index (Phi) is 3.24. The highest BCUT2D eigenvalue weighted by Crippen LogP contribution is 2.51. The van der Waals surface area contributed by atoms with Gasteiger partial charge in [-0.25, -0.2) is 4.98 Å². The summed E-state index contributed by atoms with van der Waals surface area (Å²) in [5.41, 5.74) is 1.44. The van der Waals surface area contributed by atoms with Crippen molar-refractivity contribution in [2.45, 2.75) is 26.7 Å². The Morgan fingerprint density at radius 2 is 1.95 bits per heavy atom. The molecule has 1 aliphatic rings. The zero-order valence-electron chi connectivity index (χ0n) is 12.4. The van der Waals surface area contributed by atoms with E-state index in [1.165, 1.54) is 12.8 Å². The maximum atomic E-state index is 4.58. The molecule has 0 saturated heterocycles. The fourth-order valence-corrected chi connectivity index (χ4v) is 2.70. The zero-order valence-corrected chi connectivity index (χ0v) is 12.4. The van der Waals surface area contributed by atoms with Crippen molar-refractivity contribution in [2.75, 3.05) is 24.2 Å². The molecule has 1 saturated carbocycles. The van der Waals surface area contributed by atoms with E-state index in [-0.39, 0.29) is 0 Å². The molecule has 4 heteroatoms. The van der Waals surface area contributed by atoms with Crippen molar-refractivity contribution in [1.29, 1.82) is 0 Å². The second kappa shape index (κ2) is 4.93. The van der Waals surface area contributed by atoms with E-state index < -0.39 is 0 Å². The van der Waals surface area contributed by atoms with Crippen LogP contribution in [0.5, 0.6) is 0 Å². The summed E-state index contributed by atoms with van der Waals surface area (Å²) in [5, 5.41) is 7.68. The topological polar surface area (TPSA) is 49.8 Å². The number of anilines is 2. The van der Waals surface area contributed by atoms with Gasteiger partial charge >= 0.3 is 0 Å². The molecule has 106 valence electrons. The third kappa shape index (κ3) is 2.30. The molecular weight excluding hydrogens is 248 g/mol. The van der Waals surface area contributed by atoms with E-state index in [2.05, 4.69) is 40.5 Å². The molecule has 0 radical (unpaired) electrons. The van der Waals surface area contributed by atoms with Gasteiger partial charge in [0, 0.05) is 19.0 Å². The third-order valence-corrected chi connectivity index (χ3v) is 4.55. The van der Waals surface area contributed by atoms with Gasteiger partial charge in [-0.2, -0.15) is 4.98 Å². The van der Waals surface area contributed by atoms with Crippen molar-refractivity contribution in [1.82, 2.24) is 9.97 Å². The van der Waals surface area contributed by atoms with Crippen LogP contribution in [0.2, 0.25) is 0 Å². The molecule has 0 unspecified atom stereocenters. The van der Waals surface area contributed by atoms with Crippen LogP contribution in [0, 0.1) is 11.3 Å². The van der Waals surface area contributed by atoms with Gasteiger partial charge in [-0.1, -0.05) is 26.0 Å². The predicted molar refractivity (Wildman–Crippen MR) is 84.1 cm³/mol. The van der Waals surface area contributed by atoms with Crippen LogP contribution in [0.4, 0.5) is 11.8 Å². The monoisotopic (exact) mass is 270 g/mol.